The van der Waals surface area contributed by atoms with E-state index in [1.807, 2.05) is 24.3 Å². The Kier molecular flexibility index (Phi) is 11.3. The molecule has 1 saturated carbocycles. The number of likely N-dealkylation sites (N-methyl/N-ethyl adjacent to an activating group) is 1. The second-order valence-electron chi connectivity index (χ2n) is 7.88. The van der Waals surface area contributed by atoms with Crippen molar-refractivity contribution in [3.63, 3.8) is 0 Å². The van der Waals surface area contributed by atoms with Crippen LogP contribution in [0.2, 0.25) is 0 Å². The highest BCUT2D eigenvalue weighted by molar-refractivity contribution is 5.85. The molecule has 1 aromatic carbocycles. The quantitative estimate of drug-likeness (QED) is 0.576. The zero-order valence-electron chi connectivity index (χ0n) is 17.4. The van der Waals surface area contributed by atoms with E-state index in [0.717, 1.165) is 63.4 Å². The molecule has 3 rings (SSSR count). The van der Waals surface area contributed by atoms with E-state index in [2.05, 4.69) is 22.6 Å². The van der Waals surface area contributed by atoms with Crippen LogP contribution in [0.4, 0.5) is 0 Å². The number of halogens is 2. The maximum atomic E-state index is 12.5. The van der Waals surface area contributed by atoms with Crippen LogP contribution in [0.5, 0.6) is 5.75 Å². The summed E-state index contributed by atoms with van der Waals surface area (Å²) in [6.45, 7) is 5.76. The zero-order valence-corrected chi connectivity index (χ0v) is 19.1. The summed E-state index contributed by atoms with van der Waals surface area (Å²) < 4.78 is 10.9. The summed E-state index contributed by atoms with van der Waals surface area (Å²) in [6.07, 6.45) is 3.32. The fourth-order valence-electron chi connectivity index (χ4n) is 3.93. The Bertz CT molecular complexity index is 627. The number of rotatable bonds is 10. The van der Waals surface area contributed by atoms with Crippen molar-refractivity contribution in [1.29, 1.82) is 0 Å². The monoisotopic (exact) mass is 447 g/mol. The number of hydrogen-bond donors (Lipinski definition) is 2. The first-order valence-corrected chi connectivity index (χ1v) is 10.0. The van der Waals surface area contributed by atoms with Gasteiger partial charge in [0.2, 0.25) is 5.91 Å². The Balaban J connectivity index is 0.00000210. The molecule has 1 atom stereocenters. The van der Waals surface area contributed by atoms with E-state index in [4.69, 9.17) is 9.47 Å². The molecule has 166 valence electrons. The van der Waals surface area contributed by atoms with E-state index in [0.29, 0.717) is 13.2 Å². The fraction of sp³-hybridized carbons (Fsp3) is 0.667. The predicted octanol–water partition coefficient (Wildman–Crippen LogP) is 2.49. The lowest BCUT2D eigenvalue weighted by molar-refractivity contribution is -0.123. The number of hydrogen-bond acceptors (Lipinski definition) is 5. The maximum Gasteiger partial charge on any atom is 0.223 e. The first kappa shape index (κ1) is 26.0. The highest BCUT2D eigenvalue weighted by Gasteiger charge is 2.57. The number of ether oxygens (including phenoxy) is 2. The number of nitrogens with one attached hydrogen (secondary N) is 2. The van der Waals surface area contributed by atoms with Gasteiger partial charge in [-0.05, 0) is 62.5 Å². The third-order valence-electron chi connectivity index (χ3n) is 5.89. The van der Waals surface area contributed by atoms with Crippen LogP contribution in [0.15, 0.2) is 24.3 Å². The second kappa shape index (κ2) is 12.6. The molecule has 0 aromatic heterocycles. The summed E-state index contributed by atoms with van der Waals surface area (Å²) in [7, 11) is 3.77. The standard InChI is InChI=1S/C21H33N3O3.2ClH/c1-24(10-12-26-2)11-13-27-18-5-3-4-17(14-18)16-23-20(25)19-15-21(19)6-8-22-9-7-21;;/h3-5,14,19,22H,6-13,15-16H2,1-2H3,(H,23,25);2*1H. The van der Waals surface area contributed by atoms with Gasteiger partial charge in [0, 0.05) is 32.7 Å². The number of carbonyl (C=O) groups is 1. The van der Waals surface area contributed by atoms with Crippen LogP contribution in [0.25, 0.3) is 0 Å². The zero-order chi connectivity index (χ0) is 19.1. The lowest BCUT2D eigenvalue weighted by Gasteiger charge is -2.23. The van der Waals surface area contributed by atoms with Crippen molar-refractivity contribution in [3.05, 3.63) is 29.8 Å². The average molecular weight is 448 g/mol. The van der Waals surface area contributed by atoms with Crippen LogP contribution in [0.1, 0.15) is 24.8 Å². The van der Waals surface area contributed by atoms with Gasteiger partial charge in [0.05, 0.1) is 6.61 Å². The van der Waals surface area contributed by atoms with E-state index in [9.17, 15) is 4.79 Å². The minimum absolute atomic E-state index is 0. The molecule has 1 heterocycles. The third-order valence-corrected chi connectivity index (χ3v) is 5.89. The Morgan fingerprint density at radius 1 is 1.24 bits per heavy atom. The van der Waals surface area contributed by atoms with Crippen molar-refractivity contribution in [2.24, 2.45) is 11.3 Å². The largest absolute Gasteiger partial charge is 0.492 e. The molecule has 2 fully saturated rings. The molecule has 2 N–H and O–H groups in total. The normalized spacial score (nSPS) is 19.2. The molecule has 1 unspecified atom stereocenters. The predicted molar refractivity (Wildman–Crippen MR) is 120 cm³/mol. The molecule has 1 aromatic rings. The molecule has 0 bridgehead atoms. The molecule has 1 amide bonds. The van der Waals surface area contributed by atoms with Crippen molar-refractivity contribution in [2.45, 2.75) is 25.8 Å². The molecule has 8 heteroatoms. The Labute approximate surface area is 186 Å². The van der Waals surface area contributed by atoms with Gasteiger partial charge in [0.25, 0.3) is 0 Å². The van der Waals surface area contributed by atoms with Crippen molar-refractivity contribution >= 4 is 30.7 Å². The molecule has 0 radical (unpaired) electrons. The highest BCUT2D eigenvalue weighted by Crippen LogP contribution is 2.58. The SMILES string of the molecule is COCCN(C)CCOc1cccc(CNC(=O)C2CC23CCNCC3)c1.Cl.Cl. The van der Waals surface area contributed by atoms with Crippen molar-refractivity contribution < 1.29 is 14.3 Å². The van der Waals surface area contributed by atoms with Gasteiger partial charge in [-0.25, -0.2) is 0 Å². The molecule has 1 saturated heterocycles. The molecule has 2 aliphatic rings. The van der Waals surface area contributed by atoms with Gasteiger partial charge in [-0.3, -0.25) is 4.79 Å². The summed E-state index contributed by atoms with van der Waals surface area (Å²) in [5.41, 5.74) is 1.36. The molecule has 29 heavy (non-hydrogen) atoms. The van der Waals surface area contributed by atoms with Crippen molar-refractivity contribution in [3.8, 4) is 5.75 Å². The van der Waals surface area contributed by atoms with Crippen LogP contribution in [0, 0.1) is 11.3 Å². The summed E-state index contributed by atoms with van der Waals surface area (Å²) >= 11 is 0. The minimum Gasteiger partial charge on any atom is -0.492 e. The van der Waals surface area contributed by atoms with E-state index in [-0.39, 0.29) is 42.1 Å². The number of piperidine rings is 1. The van der Waals surface area contributed by atoms with Crippen molar-refractivity contribution in [2.75, 3.05) is 53.6 Å². The maximum absolute atomic E-state index is 12.5. The number of benzene rings is 1. The summed E-state index contributed by atoms with van der Waals surface area (Å²) in [5, 5.41) is 6.50. The fourth-order valence-corrected chi connectivity index (χ4v) is 3.93. The van der Waals surface area contributed by atoms with Crippen LogP contribution >= 0.6 is 24.8 Å². The Morgan fingerprint density at radius 2 is 1.97 bits per heavy atom. The topological polar surface area (TPSA) is 62.8 Å². The van der Waals surface area contributed by atoms with Crippen molar-refractivity contribution in [1.82, 2.24) is 15.5 Å². The second-order valence-corrected chi connectivity index (χ2v) is 7.88. The number of amides is 1. The van der Waals surface area contributed by atoms with Crippen LogP contribution in [0.3, 0.4) is 0 Å². The van der Waals surface area contributed by atoms with Gasteiger partial charge >= 0.3 is 0 Å². The minimum atomic E-state index is 0. The van der Waals surface area contributed by atoms with Gasteiger partial charge in [0.1, 0.15) is 12.4 Å². The molecular weight excluding hydrogens is 413 g/mol. The van der Waals surface area contributed by atoms with E-state index >= 15 is 0 Å². The smallest absolute Gasteiger partial charge is 0.223 e. The Morgan fingerprint density at radius 3 is 2.69 bits per heavy atom. The third kappa shape index (κ3) is 7.61. The molecule has 1 aliphatic carbocycles. The van der Waals surface area contributed by atoms with E-state index in [1.165, 1.54) is 0 Å². The number of methoxy groups -OCH3 is 1. The first-order valence-electron chi connectivity index (χ1n) is 10.0. The van der Waals surface area contributed by atoms with Crippen LogP contribution in [-0.4, -0.2) is 64.4 Å². The molecule has 6 nitrogen and oxygen atoms in total. The van der Waals surface area contributed by atoms with Crippen LogP contribution in [-0.2, 0) is 16.1 Å². The Hall–Kier alpha value is -1.05. The van der Waals surface area contributed by atoms with Gasteiger partial charge in [-0.1, -0.05) is 12.1 Å². The van der Waals surface area contributed by atoms with E-state index < -0.39 is 0 Å². The summed E-state index contributed by atoms with van der Waals surface area (Å²) in [6, 6.07) is 8.00. The van der Waals surface area contributed by atoms with Gasteiger partial charge in [0.15, 0.2) is 0 Å². The first-order chi connectivity index (χ1) is 13.1. The molecule has 1 spiro atoms. The van der Waals surface area contributed by atoms with Crippen LogP contribution < -0.4 is 15.4 Å². The molecule has 1 aliphatic heterocycles. The summed E-state index contributed by atoms with van der Waals surface area (Å²) in [5.74, 6) is 1.27. The summed E-state index contributed by atoms with van der Waals surface area (Å²) in [4.78, 5) is 14.7. The van der Waals surface area contributed by atoms with Gasteiger partial charge < -0.3 is 25.0 Å². The lowest BCUT2D eigenvalue weighted by Crippen LogP contribution is -2.33. The number of carbonyl (C=O) groups excluding carboxylic acids is 1. The highest BCUT2D eigenvalue weighted by atomic mass is 35.5. The number of nitrogens with zero attached hydrogens (tertiary/aromatic N) is 1. The van der Waals surface area contributed by atoms with Gasteiger partial charge in [-0.2, -0.15) is 0 Å². The molecular formula is C21H35Cl2N3O3. The average Bonchev–Trinajstić information content (AvgIpc) is 3.38. The lowest BCUT2D eigenvalue weighted by atomic mass is 9.92. The van der Waals surface area contributed by atoms with Gasteiger partial charge in [-0.15, -0.1) is 24.8 Å². The van der Waals surface area contributed by atoms with E-state index in [1.54, 1.807) is 7.11 Å².